The Morgan fingerprint density at radius 1 is 1.39 bits per heavy atom. The molecule has 98 valence electrons. The molecule has 0 saturated heterocycles. The van der Waals surface area contributed by atoms with Crippen molar-refractivity contribution in [3.63, 3.8) is 0 Å². The Bertz CT molecular complexity index is 532. The second kappa shape index (κ2) is 6.50. The van der Waals surface area contributed by atoms with E-state index in [1.165, 1.54) is 17.0 Å². The Labute approximate surface area is 108 Å². The number of sulfonamides is 1. The molecule has 0 radical (unpaired) electrons. The summed E-state index contributed by atoms with van der Waals surface area (Å²) in [4.78, 5) is 1.42. The van der Waals surface area contributed by atoms with Crippen LogP contribution >= 0.6 is 0 Å². The van der Waals surface area contributed by atoms with E-state index in [0.29, 0.717) is 12.1 Å². The minimum absolute atomic E-state index is 0.138. The van der Waals surface area contributed by atoms with Crippen molar-refractivity contribution in [3.8, 4) is 6.07 Å². The van der Waals surface area contributed by atoms with Gasteiger partial charge in [0.15, 0.2) is 0 Å². The van der Waals surface area contributed by atoms with Crippen LogP contribution in [0.2, 0.25) is 0 Å². The Morgan fingerprint density at radius 2 is 2.11 bits per heavy atom. The molecule has 0 amide bonds. The summed E-state index contributed by atoms with van der Waals surface area (Å²) in [7, 11) is 0.536. The van der Waals surface area contributed by atoms with Gasteiger partial charge in [-0.05, 0) is 18.2 Å². The first-order valence-corrected chi connectivity index (χ1v) is 7.23. The summed E-state index contributed by atoms with van der Waals surface area (Å²) in [6.07, 6.45) is 0.777. The smallest absolute Gasteiger partial charge is 0.240 e. The van der Waals surface area contributed by atoms with E-state index in [-0.39, 0.29) is 4.90 Å². The third-order valence-electron chi connectivity index (χ3n) is 2.42. The van der Waals surface area contributed by atoms with Crippen LogP contribution in [-0.2, 0) is 10.0 Å². The molecular formula is C12H18N3O2S+. The summed E-state index contributed by atoms with van der Waals surface area (Å²) >= 11 is 0. The minimum atomic E-state index is -3.50. The van der Waals surface area contributed by atoms with E-state index in [2.05, 4.69) is 4.72 Å². The molecule has 0 saturated carbocycles. The molecule has 0 spiro atoms. The average Bonchev–Trinajstić information content (AvgIpc) is 2.34. The van der Waals surface area contributed by atoms with Gasteiger partial charge in [0, 0.05) is 13.0 Å². The van der Waals surface area contributed by atoms with Crippen molar-refractivity contribution in [1.82, 2.24) is 4.72 Å². The lowest BCUT2D eigenvalue weighted by Gasteiger charge is -2.09. The van der Waals surface area contributed by atoms with Crippen LogP contribution in [0.25, 0.3) is 0 Å². The summed E-state index contributed by atoms with van der Waals surface area (Å²) in [5, 5.41) is 8.73. The SMILES string of the molecule is C[NH+](C)CCCNS(=O)(=O)c1cccc(C#N)c1. The van der Waals surface area contributed by atoms with Gasteiger partial charge in [-0.3, -0.25) is 0 Å². The molecule has 0 heterocycles. The van der Waals surface area contributed by atoms with Gasteiger partial charge in [0.2, 0.25) is 10.0 Å². The van der Waals surface area contributed by atoms with E-state index >= 15 is 0 Å². The molecule has 0 aromatic heterocycles. The van der Waals surface area contributed by atoms with Gasteiger partial charge in [0.25, 0.3) is 0 Å². The van der Waals surface area contributed by atoms with Gasteiger partial charge in [-0.15, -0.1) is 0 Å². The summed E-state index contributed by atoms with van der Waals surface area (Å²) in [5.74, 6) is 0. The highest BCUT2D eigenvalue weighted by molar-refractivity contribution is 7.89. The van der Waals surface area contributed by atoms with Gasteiger partial charge in [0.1, 0.15) is 0 Å². The number of hydrogen-bond acceptors (Lipinski definition) is 3. The summed E-state index contributed by atoms with van der Waals surface area (Å²) < 4.78 is 26.4. The molecule has 6 heteroatoms. The number of rotatable bonds is 6. The maximum absolute atomic E-state index is 11.9. The Kier molecular flexibility index (Phi) is 5.28. The number of benzene rings is 1. The van der Waals surface area contributed by atoms with Crippen LogP contribution in [0, 0.1) is 11.3 Å². The lowest BCUT2D eigenvalue weighted by atomic mass is 10.2. The fourth-order valence-corrected chi connectivity index (χ4v) is 2.58. The van der Waals surface area contributed by atoms with Gasteiger partial charge >= 0.3 is 0 Å². The summed E-state index contributed by atoms with van der Waals surface area (Å²) in [5.41, 5.74) is 0.343. The van der Waals surface area contributed by atoms with Crippen molar-refractivity contribution >= 4 is 10.0 Å². The third kappa shape index (κ3) is 4.45. The zero-order valence-electron chi connectivity index (χ0n) is 10.6. The Balaban J connectivity index is 2.66. The van der Waals surface area contributed by atoms with Gasteiger partial charge in [-0.2, -0.15) is 5.26 Å². The fourth-order valence-electron chi connectivity index (χ4n) is 1.46. The van der Waals surface area contributed by atoms with Crippen molar-refractivity contribution < 1.29 is 13.3 Å². The zero-order valence-corrected chi connectivity index (χ0v) is 11.4. The normalized spacial score (nSPS) is 11.4. The molecular weight excluding hydrogens is 250 g/mol. The number of nitrogens with one attached hydrogen (secondary N) is 2. The van der Waals surface area contributed by atoms with Crippen LogP contribution in [0.4, 0.5) is 0 Å². The molecule has 1 aromatic carbocycles. The van der Waals surface area contributed by atoms with Crippen LogP contribution in [-0.4, -0.2) is 35.6 Å². The average molecular weight is 268 g/mol. The quantitative estimate of drug-likeness (QED) is 0.675. The second-order valence-electron chi connectivity index (χ2n) is 4.35. The highest BCUT2D eigenvalue weighted by atomic mass is 32.2. The predicted molar refractivity (Wildman–Crippen MR) is 68.6 cm³/mol. The molecule has 0 atom stereocenters. The van der Waals surface area contributed by atoms with E-state index in [0.717, 1.165) is 13.0 Å². The molecule has 18 heavy (non-hydrogen) atoms. The van der Waals surface area contributed by atoms with Gasteiger partial charge in [-0.1, -0.05) is 6.07 Å². The molecule has 2 N–H and O–H groups in total. The molecule has 5 nitrogen and oxygen atoms in total. The van der Waals surface area contributed by atoms with Crippen molar-refractivity contribution in [2.45, 2.75) is 11.3 Å². The van der Waals surface area contributed by atoms with Crippen LogP contribution in [0.15, 0.2) is 29.2 Å². The first kappa shape index (κ1) is 14.6. The lowest BCUT2D eigenvalue weighted by molar-refractivity contribution is -0.858. The molecule has 0 aliphatic heterocycles. The Hall–Kier alpha value is -1.42. The van der Waals surface area contributed by atoms with E-state index < -0.39 is 10.0 Å². The standard InChI is InChI=1S/C12H17N3O2S/c1-15(2)8-4-7-14-18(16,17)12-6-3-5-11(9-12)10-13/h3,5-6,9,14H,4,7-8H2,1-2H3/p+1. The van der Waals surface area contributed by atoms with E-state index in [4.69, 9.17) is 5.26 Å². The van der Waals surface area contributed by atoms with Crippen LogP contribution in [0.1, 0.15) is 12.0 Å². The number of nitriles is 1. The highest BCUT2D eigenvalue weighted by Gasteiger charge is 2.13. The van der Waals surface area contributed by atoms with Crippen molar-refractivity contribution in [2.24, 2.45) is 0 Å². The van der Waals surface area contributed by atoms with Gasteiger partial charge in [0.05, 0.1) is 37.2 Å². The highest BCUT2D eigenvalue weighted by Crippen LogP contribution is 2.10. The summed E-state index contributed by atoms with van der Waals surface area (Å²) in [6.45, 7) is 1.31. The minimum Gasteiger partial charge on any atom is -0.340 e. The van der Waals surface area contributed by atoms with Crippen LogP contribution in [0.3, 0.4) is 0 Å². The first-order valence-electron chi connectivity index (χ1n) is 5.74. The maximum atomic E-state index is 11.9. The van der Waals surface area contributed by atoms with Crippen molar-refractivity contribution in [2.75, 3.05) is 27.2 Å². The van der Waals surface area contributed by atoms with E-state index in [9.17, 15) is 8.42 Å². The lowest BCUT2D eigenvalue weighted by Crippen LogP contribution is -3.05. The van der Waals surface area contributed by atoms with Crippen molar-refractivity contribution in [3.05, 3.63) is 29.8 Å². The largest absolute Gasteiger partial charge is 0.340 e. The topological polar surface area (TPSA) is 74.4 Å². The van der Waals surface area contributed by atoms with Gasteiger partial charge < -0.3 is 4.90 Å². The van der Waals surface area contributed by atoms with Gasteiger partial charge in [-0.25, -0.2) is 13.1 Å². The first-order chi connectivity index (χ1) is 8.45. The van der Waals surface area contributed by atoms with Crippen LogP contribution < -0.4 is 9.62 Å². The van der Waals surface area contributed by atoms with E-state index in [1.807, 2.05) is 20.2 Å². The second-order valence-corrected chi connectivity index (χ2v) is 6.12. The molecule has 0 aliphatic rings. The molecule has 0 bridgehead atoms. The molecule has 1 aromatic rings. The molecule has 0 fully saturated rings. The van der Waals surface area contributed by atoms with E-state index in [1.54, 1.807) is 12.1 Å². The van der Waals surface area contributed by atoms with Crippen LogP contribution in [0.5, 0.6) is 0 Å². The Morgan fingerprint density at radius 3 is 2.72 bits per heavy atom. The van der Waals surface area contributed by atoms with Crippen molar-refractivity contribution in [1.29, 1.82) is 5.26 Å². The number of nitrogens with zero attached hydrogens (tertiary/aromatic N) is 1. The third-order valence-corrected chi connectivity index (χ3v) is 3.88. The zero-order chi connectivity index (χ0) is 13.6. The molecule has 1 rings (SSSR count). The maximum Gasteiger partial charge on any atom is 0.240 e. The number of hydrogen-bond donors (Lipinski definition) is 2. The molecule has 0 aliphatic carbocycles. The summed E-state index contributed by atoms with van der Waals surface area (Å²) in [6, 6.07) is 7.93. The molecule has 0 unspecified atom stereocenters. The monoisotopic (exact) mass is 268 g/mol. The fraction of sp³-hybridized carbons (Fsp3) is 0.417. The predicted octanol–water partition coefficient (Wildman–Crippen LogP) is -0.629. The number of quaternary nitrogens is 1.